The van der Waals surface area contributed by atoms with E-state index in [-0.39, 0.29) is 19.1 Å². The summed E-state index contributed by atoms with van der Waals surface area (Å²) in [5.74, 6) is -0.363. The van der Waals surface area contributed by atoms with E-state index in [1.54, 1.807) is 0 Å². The molecule has 0 spiro atoms. The smallest absolute Gasteiger partial charge is 0.236 e. The number of unbranched alkanes of at least 4 members (excludes halogenated alkanes) is 1. The summed E-state index contributed by atoms with van der Waals surface area (Å²) in [7, 11) is 0. The Kier molecular flexibility index (Phi) is 6.15. The average Bonchev–Trinajstić information content (AvgIpc) is 2.34. The molecule has 0 aromatic heterocycles. The monoisotopic (exact) mass is 314 g/mol. The molecule has 1 aromatic carbocycles. The molecule has 0 atom stereocenters. The number of nitrogens with zero attached hydrogens (tertiary/aromatic N) is 1. The van der Waals surface area contributed by atoms with Crippen molar-refractivity contribution in [2.24, 2.45) is 5.73 Å². The molecule has 18 heavy (non-hydrogen) atoms. The SMILES string of the molecule is CCCCN(CC(N)=O)c1ccc(Br)cc1CO. The average molecular weight is 315 g/mol. The van der Waals surface area contributed by atoms with E-state index in [2.05, 4.69) is 22.9 Å². The molecule has 0 unspecified atom stereocenters. The first-order valence-electron chi connectivity index (χ1n) is 6.01. The van der Waals surface area contributed by atoms with Gasteiger partial charge in [0.25, 0.3) is 0 Å². The highest BCUT2D eigenvalue weighted by atomic mass is 79.9. The van der Waals surface area contributed by atoms with Gasteiger partial charge in [0, 0.05) is 22.3 Å². The van der Waals surface area contributed by atoms with E-state index in [9.17, 15) is 9.90 Å². The van der Waals surface area contributed by atoms with E-state index >= 15 is 0 Å². The second-order valence-corrected chi connectivity index (χ2v) is 5.09. The van der Waals surface area contributed by atoms with Gasteiger partial charge in [0.2, 0.25) is 5.91 Å². The predicted molar refractivity (Wildman–Crippen MR) is 76.4 cm³/mol. The quantitative estimate of drug-likeness (QED) is 0.809. The molecule has 3 N–H and O–H groups in total. The van der Waals surface area contributed by atoms with Crippen LogP contribution in [0.1, 0.15) is 25.3 Å². The van der Waals surface area contributed by atoms with Gasteiger partial charge < -0.3 is 15.7 Å². The number of halogens is 1. The fraction of sp³-hybridized carbons (Fsp3) is 0.462. The number of nitrogens with two attached hydrogens (primary N) is 1. The van der Waals surface area contributed by atoms with Crippen LogP contribution in [0.4, 0.5) is 5.69 Å². The summed E-state index contributed by atoms with van der Waals surface area (Å²) in [6.07, 6.45) is 2.02. The first kappa shape index (κ1) is 15.0. The number of benzene rings is 1. The van der Waals surface area contributed by atoms with Crippen LogP contribution in [0.5, 0.6) is 0 Å². The molecule has 0 saturated carbocycles. The summed E-state index contributed by atoms with van der Waals surface area (Å²) in [5, 5.41) is 9.39. The molecule has 1 amide bonds. The summed E-state index contributed by atoms with van der Waals surface area (Å²) in [6, 6.07) is 5.65. The first-order chi connectivity index (χ1) is 8.58. The van der Waals surface area contributed by atoms with Crippen molar-refractivity contribution in [1.29, 1.82) is 0 Å². The van der Waals surface area contributed by atoms with Crippen molar-refractivity contribution in [2.75, 3.05) is 18.0 Å². The van der Waals surface area contributed by atoms with Crippen LogP contribution in [0.2, 0.25) is 0 Å². The van der Waals surface area contributed by atoms with E-state index in [4.69, 9.17) is 5.73 Å². The maximum atomic E-state index is 11.1. The van der Waals surface area contributed by atoms with Gasteiger partial charge in [0.1, 0.15) is 0 Å². The summed E-state index contributed by atoms with van der Waals surface area (Å²) < 4.78 is 0.907. The largest absolute Gasteiger partial charge is 0.392 e. The molecule has 0 aliphatic heterocycles. The lowest BCUT2D eigenvalue weighted by Gasteiger charge is -2.25. The predicted octanol–water partition coefficient (Wildman–Crippen LogP) is 2.03. The number of amides is 1. The van der Waals surface area contributed by atoms with Crippen molar-refractivity contribution in [3.63, 3.8) is 0 Å². The third kappa shape index (κ3) is 4.31. The zero-order valence-corrected chi connectivity index (χ0v) is 12.1. The molecule has 0 saturated heterocycles. The van der Waals surface area contributed by atoms with Gasteiger partial charge >= 0.3 is 0 Å². The number of aliphatic hydroxyl groups excluding tert-OH is 1. The van der Waals surface area contributed by atoms with Crippen LogP contribution >= 0.6 is 15.9 Å². The number of anilines is 1. The number of carbonyl (C=O) groups is 1. The molecule has 0 fully saturated rings. The Morgan fingerprint density at radius 3 is 2.78 bits per heavy atom. The second-order valence-electron chi connectivity index (χ2n) is 4.17. The number of primary amides is 1. The van der Waals surface area contributed by atoms with Crippen LogP contribution in [-0.2, 0) is 11.4 Å². The zero-order chi connectivity index (χ0) is 13.5. The summed E-state index contributed by atoms with van der Waals surface area (Å²) in [6.45, 7) is 2.97. The lowest BCUT2D eigenvalue weighted by molar-refractivity contribution is -0.116. The molecule has 0 aliphatic rings. The highest BCUT2D eigenvalue weighted by Crippen LogP contribution is 2.25. The Morgan fingerprint density at radius 1 is 1.50 bits per heavy atom. The van der Waals surface area contributed by atoms with Crippen LogP contribution in [0, 0.1) is 0 Å². The van der Waals surface area contributed by atoms with Crippen LogP contribution in [-0.4, -0.2) is 24.1 Å². The molecular formula is C13H19BrN2O2. The van der Waals surface area contributed by atoms with Crippen molar-refractivity contribution >= 4 is 27.5 Å². The maximum Gasteiger partial charge on any atom is 0.236 e. The van der Waals surface area contributed by atoms with E-state index < -0.39 is 0 Å². The maximum absolute atomic E-state index is 11.1. The highest BCUT2D eigenvalue weighted by molar-refractivity contribution is 9.10. The van der Waals surface area contributed by atoms with E-state index in [1.165, 1.54) is 0 Å². The van der Waals surface area contributed by atoms with Gasteiger partial charge in [-0.1, -0.05) is 29.3 Å². The minimum absolute atomic E-state index is 0.0594. The molecule has 0 radical (unpaired) electrons. The Hall–Kier alpha value is -1.07. The van der Waals surface area contributed by atoms with Gasteiger partial charge in [-0.25, -0.2) is 0 Å². The van der Waals surface area contributed by atoms with E-state index in [0.717, 1.165) is 35.1 Å². The molecule has 1 aromatic rings. The molecule has 5 heteroatoms. The summed E-state index contributed by atoms with van der Waals surface area (Å²) in [5.41, 5.74) is 6.93. The van der Waals surface area contributed by atoms with Gasteiger partial charge in [0.05, 0.1) is 13.2 Å². The van der Waals surface area contributed by atoms with Gasteiger partial charge in [0.15, 0.2) is 0 Å². The van der Waals surface area contributed by atoms with Crippen molar-refractivity contribution < 1.29 is 9.90 Å². The van der Waals surface area contributed by atoms with Crippen LogP contribution in [0.3, 0.4) is 0 Å². The van der Waals surface area contributed by atoms with Crippen molar-refractivity contribution in [2.45, 2.75) is 26.4 Å². The third-order valence-corrected chi connectivity index (χ3v) is 3.17. The Bertz CT molecular complexity index is 410. The molecule has 0 bridgehead atoms. The Balaban J connectivity index is 2.98. The van der Waals surface area contributed by atoms with Crippen LogP contribution < -0.4 is 10.6 Å². The lowest BCUT2D eigenvalue weighted by atomic mass is 10.1. The van der Waals surface area contributed by atoms with Crippen LogP contribution in [0.15, 0.2) is 22.7 Å². The van der Waals surface area contributed by atoms with E-state index in [0.29, 0.717) is 0 Å². The first-order valence-corrected chi connectivity index (χ1v) is 6.80. The third-order valence-electron chi connectivity index (χ3n) is 2.68. The van der Waals surface area contributed by atoms with Gasteiger partial charge in [-0.05, 0) is 24.6 Å². The minimum Gasteiger partial charge on any atom is -0.392 e. The highest BCUT2D eigenvalue weighted by Gasteiger charge is 2.13. The molecular weight excluding hydrogens is 296 g/mol. The van der Waals surface area contributed by atoms with Crippen molar-refractivity contribution in [1.82, 2.24) is 0 Å². The number of rotatable bonds is 7. The van der Waals surface area contributed by atoms with Gasteiger partial charge in [-0.2, -0.15) is 0 Å². The van der Waals surface area contributed by atoms with Gasteiger partial charge in [-0.3, -0.25) is 4.79 Å². The zero-order valence-electron chi connectivity index (χ0n) is 10.5. The molecule has 0 aliphatic carbocycles. The molecule has 4 nitrogen and oxygen atoms in total. The number of aliphatic hydroxyl groups is 1. The summed E-state index contributed by atoms with van der Waals surface area (Å²) >= 11 is 3.37. The second kappa shape index (κ2) is 7.38. The lowest BCUT2D eigenvalue weighted by Crippen LogP contribution is -2.35. The van der Waals surface area contributed by atoms with E-state index in [1.807, 2.05) is 23.1 Å². The summed E-state index contributed by atoms with van der Waals surface area (Å²) in [4.78, 5) is 13.0. The van der Waals surface area contributed by atoms with Gasteiger partial charge in [-0.15, -0.1) is 0 Å². The fourth-order valence-corrected chi connectivity index (χ4v) is 2.22. The Labute approximate surface area is 116 Å². The van der Waals surface area contributed by atoms with Crippen molar-refractivity contribution in [3.8, 4) is 0 Å². The fourth-order valence-electron chi connectivity index (χ4n) is 1.81. The molecule has 100 valence electrons. The molecule has 0 heterocycles. The minimum atomic E-state index is -0.363. The standard InChI is InChI=1S/C13H19BrN2O2/c1-2-3-6-16(8-13(15)18)12-5-4-11(14)7-10(12)9-17/h4-5,7,17H,2-3,6,8-9H2,1H3,(H2,15,18). The molecule has 1 rings (SSSR count). The van der Waals surface area contributed by atoms with Crippen LogP contribution in [0.25, 0.3) is 0 Å². The topological polar surface area (TPSA) is 66.6 Å². The number of hydrogen-bond acceptors (Lipinski definition) is 3. The normalized spacial score (nSPS) is 10.4. The Morgan fingerprint density at radius 2 is 2.22 bits per heavy atom. The number of carbonyl (C=O) groups excluding carboxylic acids is 1. The van der Waals surface area contributed by atoms with Crippen molar-refractivity contribution in [3.05, 3.63) is 28.2 Å². The number of hydrogen-bond donors (Lipinski definition) is 2.